The average Bonchev–Trinajstić information content (AvgIpc) is 3.11. The monoisotopic (exact) mass is 379 g/mol. The van der Waals surface area contributed by atoms with E-state index in [4.69, 9.17) is 11.6 Å². The van der Waals surface area contributed by atoms with E-state index in [9.17, 15) is 5.26 Å². The van der Waals surface area contributed by atoms with Crippen LogP contribution < -0.4 is 0 Å². The highest BCUT2D eigenvalue weighted by atomic mass is 35.5. The number of pyridine rings is 2. The third-order valence-electron chi connectivity index (χ3n) is 5.83. The number of halogens is 1. The van der Waals surface area contributed by atoms with Crippen LogP contribution in [-0.2, 0) is 0 Å². The summed E-state index contributed by atoms with van der Waals surface area (Å²) >= 11 is 6.15. The molecule has 0 radical (unpaired) electrons. The first-order valence-corrected chi connectivity index (χ1v) is 9.83. The number of fused-ring (bicyclic) bond motifs is 1. The number of hydrogen-bond donors (Lipinski definition) is 0. The van der Waals surface area contributed by atoms with Crippen molar-refractivity contribution in [3.8, 4) is 17.3 Å². The summed E-state index contributed by atoms with van der Waals surface area (Å²) in [5, 5.41) is 9.93. The number of nitriles is 1. The highest BCUT2D eigenvalue weighted by molar-refractivity contribution is 6.30. The SMILES string of the molecule is C[C@@H]([C@H]1CC[C@H](C)CC1)n1cnc2cc(C#N)nc(-c3cncc(Cl)c3)c21. The molecule has 0 unspecified atom stereocenters. The van der Waals surface area contributed by atoms with Gasteiger partial charge in [0.05, 0.1) is 28.1 Å². The van der Waals surface area contributed by atoms with Crippen LogP contribution in [0, 0.1) is 23.2 Å². The fourth-order valence-corrected chi connectivity index (χ4v) is 4.34. The Bertz CT molecular complexity index is 1010. The van der Waals surface area contributed by atoms with E-state index in [0.29, 0.717) is 28.4 Å². The van der Waals surface area contributed by atoms with Gasteiger partial charge in [0.25, 0.3) is 0 Å². The second-order valence-corrected chi connectivity index (χ2v) is 8.08. The van der Waals surface area contributed by atoms with Crippen molar-refractivity contribution in [1.29, 1.82) is 5.26 Å². The Labute approximate surface area is 164 Å². The predicted molar refractivity (Wildman–Crippen MR) is 106 cm³/mol. The van der Waals surface area contributed by atoms with Crippen molar-refractivity contribution in [1.82, 2.24) is 19.5 Å². The fraction of sp³-hybridized carbons (Fsp3) is 0.429. The van der Waals surface area contributed by atoms with Gasteiger partial charge in [-0.2, -0.15) is 5.26 Å². The van der Waals surface area contributed by atoms with Crippen molar-refractivity contribution >= 4 is 22.6 Å². The molecule has 1 atom stereocenters. The van der Waals surface area contributed by atoms with Crippen LogP contribution in [0.2, 0.25) is 5.02 Å². The van der Waals surface area contributed by atoms with Gasteiger partial charge < -0.3 is 4.57 Å². The van der Waals surface area contributed by atoms with Gasteiger partial charge >= 0.3 is 0 Å². The fourth-order valence-electron chi connectivity index (χ4n) is 4.16. The number of rotatable bonds is 3. The van der Waals surface area contributed by atoms with Crippen LogP contribution >= 0.6 is 11.6 Å². The van der Waals surface area contributed by atoms with E-state index >= 15 is 0 Å². The summed E-state index contributed by atoms with van der Waals surface area (Å²) in [5.41, 5.74) is 3.60. The van der Waals surface area contributed by atoms with Crippen molar-refractivity contribution in [3.05, 3.63) is 41.6 Å². The Morgan fingerprint density at radius 3 is 2.70 bits per heavy atom. The van der Waals surface area contributed by atoms with E-state index in [0.717, 1.165) is 22.5 Å². The van der Waals surface area contributed by atoms with E-state index in [1.165, 1.54) is 25.7 Å². The van der Waals surface area contributed by atoms with E-state index in [-0.39, 0.29) is 0 Å². The Hall–Kier alpha value is -2.45. The van der Waals surface area contributed by atoms with Crippen molar-refractivity contribution in [3.63, 3.8) is 0 Å². The van der Waals surface area contributed by atoms with Gasteiger partial charge in [0.15, 0.2) is 0 Å². The molecule has 0 bridgehead atoms. The molecule has 138 valence electrons. The van der Waals surface area contributed by atoms with Gasteiger partial charge in [0, 0.05) is 30.1 Å². The maximum absolute atomic E-state index is 9.38. The van der Waals surface area contributed by atoms with Crippen LogP contribution in [0.4, 0.5) is 0 Å². The summed E-state index contributed by atoms with van der Waals surface area (Å²) < 4.78 is 2.22. The Morgan fingerprint density at radius 2 is 2.00 bits per heavy atom. The molecule has 0 aliphatic heterocycles. The van der Waals surface area contributed by atoms with Crippen LogP contribution in [0.1, 0.15) is 51.3 Å². The Morgan fingerprint density at radius 1 is 1.22 bits per heavy atom. The number of nitrogens with zero attached hydrogens (tertiary/aromatic N) is 5. The molecule has 0 spiro atoms. The lowest BCUT2D eigenvalue weighted by Crippen LogP contribution is -2.21. The average molecular weight is 380 g/mol. The molecule has 27 heavy (non-hydrogen) atoms. The molecule has 1 aliphatic rings. The number of hydrogen-bond acceptors (Lipinski definition) is 4. The highest BCUT2D eigenvalue weighted by Gasteiger charge is 2.26. The molecule has 1 saturated carbocycles. The molecule has 3 aromatic rings. The highest BCUT2D eigenvalue weighted by Crippen LogP contribution is 2.38. The third-order valence-corrected chi connectivity index (χ3v) is 6.03. The second kappa shape index (κ2) is 7.28. The molecule has 1 aliphatic carbocycles. The lowest BCUT2D eigenvalue weighted by molar-refractivity contribution is 0.227. The van der Waals surface area contributed by atoms with Crippen molar-refractivity contribution in [2.75, 3.05) is 0 Å². The summed E-state index contributed by atoms with van der Waals surface area (Å²) in [5.74, 6) is 1.44. The van der Waals surface area contributed by atoms with E-state index in [2.05, 4.69) is 39.4 Å². The van der Waals surface area contributed by atoms with Crippen LogP contribution in [0.25, 0.3) is 22.3 Å². The molecule has 0 amide bonds. The van der Waals surface area contributed by atoms with Gasteiger partial charge in [-0.05, 0) is 37.7 Å². The first-order chi connectivity index (χ1) is 13.1. The molecule has 3 aromatic heterocycles. The second-order valence-electron chi connectivity index (χ2n) is 7.64. The first-order valence-electron chi connectivity index (χ1n) is 9.45. The lowest BCUT2D eigenvalue weighted by atomic mass is 9.79. The minimum Gasteiger partial charge on any atom is -0.326 e. The normalized spacial score (nSPS) is 21.1. The van der Waals surface area contributed by atoms with Gasteiger partial charge in [-0.3, -0.25) is 4.98 Å². The van der Waals surface area contributed by atoms with Crippen LogP contribution in [-0.4, -0.2) is 19.5 Å². The summed E-state index contributed by atoms with van der Waals surface area (Å²) in [7, 11) is 0. The number of imidazole rings is 1. The van der Waals surface area contributed by atoms with Gasteiger partial charge in [0.2, 0.25) is 0 Å². The van der Waals surface area contributed by atoms with Crippen molar-refractivity contribution < 1.29 is 0 Å². The van der Waals surface area contributed by atoms with Crippen LogP contribution in [0.3, 0.4) is 0 Å². The summed E-state index contributed by atoms with van der Waals surface area (Å²) in [4.78, 5) is 13.4. The minimum atomic E-state index is 0.322. The quantitative estimate of drug-likeness (QED) is 0.610. The maximum atomic E-state index is 9.38. The molecule has 4 rings (SSSR count). The molecule has 3 heterocycles. The third kappa shape index (κ3) is 3.42. The Balaban J connectivity index is 1.84. The zero-order valence-electron chi connectivity index (χ0n) is 15.6. The topological polar surface area (TPSA) is 67.4 Å². The molecule has 1 fully saturated rings. The molecule has 0 N–H and O–H groups in total. The lowest BCUT2D eigenvalue weighted by Gasteiger charge is -2.31. The molecule has 5 nitrogen and oxygen atoms in total. The standard InChI is InChI=1S/C21H22ClN5/c1-13-3-5-15(6-4-13)14(2)27-12-25-19-8-18(9-23)26-20(21(19)27)16-7-17(22)11-24-10-16/h7-8,10-15H,3-6H2,1-2H3/t13-,14-,15-/m0/s1. The van der Waals surface area contributed by atoms with Gasteiger partial charge in [-0.15, -0.1) is 0 Å². The largest absolute Gasteiger partial charge is 0.326 e. The van der Waals surface area contributed by atoms with Crippen LogP contribution in [0.15, 0.2) is 30.9 Å². The molecule has 0 aromatic carbocycles. The molecule has 6 heteroatoms. The predicted octanol–water partition coefficient (Wildman–Crippen LogP) is 5.41. The molecular weight excluding hydrogens is 358 g/mol. The first kappa shape index (κ1) is 17.9. The molecule has 0 saturated heterocycles. The smallest absolute Gasteiger partial charge is 0.143 e. The zero-order chi connectivity index (χ0) is 19.0. The Kier molecular flexibility index (Phi) is 4.84. The number of aromatic nitrogens is 4. The van der Waals surface area contributed by atoms with Gasteiger partial charge in [-0.25, -0.2) is 9.97 Å². The summed E-state index contributed by atoms with van der Waals surface area (Å²) in [6.07, 6.45) is 10.3. The van der Waals surface area contributed by atoms with Gasteiger partial charge in [-0.1, -0.05) is 31.4 Å². The summed E-state index contributed by atoms with van der Waals surface area (Å²) in [6, 6.07) is 6.05. The van der Waals surface area contributed by atoms with E-state index in [1.54, 1.807) is 18.5 Å². The summed E-state index contributed by atoms with van der Waals surface area (Å²) in [6.45, 7) is 4.60. The maximum Gasteiger partial charge on any atom is 0.143 e. The zero-order valence-corrected chi connectivity index (χ0v) is 16.3. The van der Waals surface area contributed by atoms with E-state index < -0.39 is 0 Å². The van der Waals surface area contributed by atoms with E-state index in [1.807, 2.05) is 12.4 Å². The molecular formula is C21H22ClN5. The van der Waals surface area contributed by atoms with Crippen molar-refractivity contribution in [2.45, 2.75) is 45.6 Å². The minimum absolute atomic E-state index is 0.322. The van der Waals surface area contributed by atoms with Gasteiger partial charge in [0.1, 0.15) is 11.8 Å². The van der Waals surface area contributed by atoms with Crippen molar-refractivity contribution in [2.24, 2.45) is 11.8 Å². The van der Waals surface area contributed by atoms with Crippen LogP contribution in [0.5, 0.6) is 0 Å².